The first-order valence-electron chi connectivity index (χ1n) is 2.87. The topological polar surface area (TPSA) is 83.5 Å². The van der Waals surface area contributed by atoms with Crippen molar-refractivity contribution in [1.29, 1.82) is 0 Å². The van der Waals surface area contributed by atoms with Crippen molar-refractivity contribution in [2.45, 2.75) is 5.25 Å². The van der Waals surface area contributed by atoms with Gasteiger partial charge >= 0.3 is 5.97 Å². The summed E-state index contributed by atoms with van der Waals surface area (Å²) in [5.41, 5.74) is 5.13. The standard InChI is InChI=1S/C5H11NO3S/c6-3-4(5(8)9)10-2-1-7/h4,7H,1-3,6H2,(H,8,9). The fourth-order valence-corrected chi connectivity index (χ4v) is 1.10. The summed E-state index contributed by atoms with van der Waals surface area (Å²) in [7, 11) is 0. The summed E-state index contributed by atoms with van der Waals surface area (Å²) in [6.07, 6.45) is 0. The minimum absolute atomic E-state index is 0.00551. The number of carboxylic acids is 1. The molecule has 0 saturated carbocycles. The predicted molar refractivity (Wildman–Crippen MR) is 40.0 cm³/mol. The molecule has 0 aromatic carbocycles. The van der Waals surface area contributed by atoms with Gasteiger partial charge in [0.15, 0.2) is 0 Å². The fraction of sp³-hybridized carbons (Fsp3) is 0.800. The fourth-order valence-electron chi connectivity index (χ4n) is 0.435. The Hall–Kier alpha value is -0.260. The highest BCUT2D eigenvalue weighted by Crippen LogP contribution is 2.08. The lowest BCUT2D eigenvalue weighted by atomic mass is 10.4. The zero-order valence-corrected chi connectivity index (χ0v) is 6.30. The normalized spacial score (nSPS) is 13.0. The minimum Gasteiger partial charge on any atom is -0.480 e. The van der Waals surface area contributed by atoms with E-state index in [2.05, 4.69) is 0 Å². The monoisotopic (exact) mass is 165 g/mol. The molecule has 0 aliphatic heterocycles. The Morgan fingerprint density at radius 2 is 2.30 bits per heavy atom. The van der Waals surface area contributed by atoms with E-state index in [0.717, 1.165) is 11.8 Å². The van der Waals surface area contributed by atoms with E-state index in [4.69, 9.17) is 15.9 Å². The first-order chi connectivity index (χ1) is 4.72. The molecule has 4 nitrogen and oxygen atoms in total. The van der Waals surface area contributed by atoms with E-state index >= 15 is 0 Å². The van der Waals surface area contributed by atoms with Gasteiger partial charge in [-0.2, -0.15) is 0 Å². The second-order valence-electron chi connectivity index (χ2n) is 1.66. The molecular weight excluding hydrogens is 154 g/mol. The molecule has 0 aliphatic rings. The van der Waals surface area contributed by atoms with E-state index in [1.807, 2.05) is 0 Å². The zero-order chi connectivity index (χ0) is 7.98. The van der Waals surface area contributed by atoms with Crippen LogP contribution in [0.4, 0.5) is 0 Å². The van der Waals surface area contributed by atoms with Gasteiger partial charge in [-0.3, -0.25) is 4.79 Å². The second-order valence-corrected chi connectivity index (χ2v) is 2.97. The van der Waals surface area contributed by atoms with Crippen molar-refractivity contribution in [3.05, 3.63) is 0 Å². The molecule has 0 radical (unpaired) electrons. The van der Waals surface area contributed by atoms with Crippen molar-refractivity contribution in [1.82, 2.24) is 0 Å². The Labute approximate surface area is 63.4 Å². The van der Waals surface area contributed by atoms with Crippen LogP contribution in [-0.2, 0) is 4.79 Å². The maximum atomic E-state index is 10.3. The zero-order valence-electron chi connectivity index (χ0n) is 5.49. The molecule has 0 aromatic rings. The molecule has 0 saturated heterocycles. The van der Waals surface area contributed by atoms with E-state index in [-0.39, 0.29) is 13.2 Å². The molecule has 4 N–H and O–H groups in total. The molecule has 0 aromatic heterocycles. The quantitative estimate of drug-likeness (QED) is 0.493. The van der Waals surface area contributed by atoms with E-state index in [1.54, 1.807) is 0 Å². The van der Waals surface area contributed by atoms with Gasteiger partial charge in [0.05, 0.1) is 6.61 Å². The van der Waals surface area contributed by atoms with Crippen molar-refractivity contribution in [3.63, 3.8) is 0 Å². The number of rotatable bonds is 5. The van der Waals surface area contributed by atoms with Crippen molar-refractivity contribution < 1.29 is 15.0 Å². The summed E-state index contributed by atoms with van der Waals surface area (Å²) in [5, 5.41) is 16.2. The number of nitrogens with two attached hydrogens (primary N) is 1. The summed E-state index contributed by atoms with van der Waals surface area (Å²) < 4.78 is 0. The lowest BCUT2D eigenvalue weighted by Crippen LogP contribution is -2.26. The molecule has 0 heterocycles. The van der Waals surface area contributed by atoms with Crippen molar-refractivity contribution in [3.8, 4) is 0 Å². The van der Waals surface area contributed by atoms with Crippen LogP contribution in [0.1, 0.15) is 0 Å². The third kappa shape index (κ3) is 3.71. The lowest BCUT2D eigenvalue weighted by molar-refractivity contribution is -0.136. The minimum atomic E-state index is -0.916. The number of aliphatic hydroxyl groups excluding tert-OH is 1. The van der Waals surface area contributed by atoms with Gasteiger partial charge in [0.25, 0.3) is 0 Å². The SMILES string of the molecule is NCC(SCCO)C(=O)O. The van der Waals surface area contributed by atoms with Crippen LogP contribution in [0, 0.1) is 0 Å². The van der Waals surface area contributed by atoms with Crippen molar-refractivity contribution >= 4 is 17.7 Å². The van der Waals surface area contributed by atoms with Crippen LogP contribution < -0.4 is 5.73 Å². The van der Waals surface area contributed by atoms with Gasteiger partial charge in [-0.25, -0.2) is 0 Å². The predicted octanol–water partition coefficient (Wildman–Crippen LogP) is -0.876. The molecule has 0 rings (SSSR count). The lowest BCUT2D eigenvalue weighted by Gasteiger charge is -2.06. The van der Waals surface area contributed by atoms with Gasteiger partial charge in [0.2, 0.25) is 0 Å². The van der Waals surface area contributed by atoms with Crippen LogP contribution in [0.3, 0.4) is 0 Å². The van der Waals surface area contributed by atoms with E-state index in [0.29, 0.717) is 5.75 Å². The highest BCUT2D eigenvalue weighted by Gasteiger charge is 2.14. The van der Waals surface area contributed by atoms with Crippen molar-refractivity contribution in [2.75, 3.05) is 18.9 Å². The molecule has 60 valence electrons. The Morgan fingerprint density at radius 3 is 2.60 bits per heavy atom. The van der Waals surface area contributed by atoms with Crippen LogP contribution in [-0.4, -0.2) is 40.3 Å². The Balaban J connectivity index is 3.50. The number of aliphatic carboxylic acids is 1. The summed E-state index contributed by atoms with van der Waals surface area (Å²) in [5.74, 6) is -0.491. The Kier molecular flexibility index (Phi) is 5.38. The van der Waals surface area contributed by atoms with Gasteiger partial charge in [0.1, 0.15) is 5.25 Å². The molecule has 10 heavy (non-hydrogen) atoms. The average Bonchev–Trinajstić information content (AvgIpc) is 1.89. The third-order valence-corrected chi connectivity index (χ3v) is 2.11. The number of thioether (sulfide) groups is 1. The van der Waals surface area contributed by atoms with E-state index in [9.17, 15) is 4.79 Å². The smallest absolute Gasteiger partial charge is 0.317 e. The molecule has 0 bridgehead atoms. The van der Waals surface area contributed by atoms with Gasteiger partial charge in [-0.1, -0.05) is 0 Å². The van der Waals surface area contributed by atoms with Crippen LogP contribution in [0.25, 0.3) is 0 Å². The molecule has 0 spiro atoms. The first kappa shape index (κ1) is 9.74. The highest BCUT2D eigenvalue weighted by molar-refractivity contribution is 8.00. The number of aliphatic hydroxyl groups is 1. The molecule has 5 heteroatoms. The third-order valence-electron chi connectivity index (χ3n) is 0.900. The highest BCUT2D eigenvalue weighted by atomic mass is 32.2. The first-order valence-corrected chi connectivity index (χ1v) is 3.92. The number of carboxylic acid groups (broad SMARTS) is 1. The van der Waals surface area contributed by atoms with Crippen LogP contribution in [0.2, 0.25) is 0 Å². The van der Waals surface area contributed by atoms with Gasteiger partial charge in [0, 0.05) is 12.3 Å². The largest absolute Gasteiger partial charge is 0.480 e. The van der Waals surface area contributed by atoms with Gasteiger partial charge < -0.3 is 15.9 Å². The van der Waals surface area contributed by atoms with Crippen LogP contribution >= 0.6 is 11.8 Å². The summed E-state index contributed by atoms with van der Waals surface area (Å²) in [6, 6.07) is 0. The number of hydrogen-bond acceptors (Lipinski definition) is 4. The number of carbonyl (C=O) groups is 1. The molecule has 0 fully saturated rings. The maximum Gasteiger partial charge on any atom is 0.317 e. The summed E-state index contributed by atoms with van der Waals surface area (Å²) >= 11 is 1.16. The summed E-state index contributed by atoms with van der Waals surface area (Å²) in [4.78, 5) is 10.3. The Morgan fingerprint density at radius 1 is 1.70 bits per heavy atom. The summed E-state index contributed by atoms with van der Waals surface area (Å²) in [6.45, 7) is 0.106. The van der Waals surface area contributed by atoms with E-state index < -0.39 is 11.2 Å². The van der Waals surface area contributed by atoms with Crippen molar-refractivity contribution in [2.24, 2.45) is 5.73 Å². The van der Waals surface area contributed by atoms with Crippen LogP contribution in [0.5, 0.6) is 0 Å². The Bertz CT molecular complexity index is 109. The van der Waals surface area contributed by atoms with Gasteiger partial charge in [-0.15, -0.1) is 11.8 Å². The maximum absolute atomic E-state index is 10.3. The van der Waals surface area contributed by atoms with Crippen LogP contribution in [0.15, 0.2) is 0 Å². The molecular formula is C5H11NO3S. The molecule has 0 amide bonds. The average molecular weight is 165 g/mol. The number of hydrogen-bond donors (Lipinski definition) is 3. The molecule has 1 atom stereocenters. The second kappa shape index (κ2) is 5.52. The molecule has 0 aliphatic carbocycles. The molecule has 1 unspecified atom stereocenters. The van der Waals surface area contributed by atoms with Gasteiger partial charge in [-0.05, 0) is 0 Å². The van der Waals surface area contributed by atoms with E-state index in [1.165, 1.54) is 0 Å².